The molecule has 7 nitrogen and oxygen atoms in total. The fraction of sp³-hybridized carbons (Fsp3) is 0.400. The first-order chi connectivity index (χ1) is 18.5. The molecular formula is C30H37ClN4O3. The molecule has 1 amide bonds. The summed E-state index contributed by atoms with van der Waals surface area (Å²) in [7, 11) is 4.07. The molecule has 3 aromatic rings. The van der Waals surface area contributed by atoms with Crippen LogP contribution in [0.15, 0.2) is 54.6 Å². The molecule has 4 rings (SSSR count). The number of amides is 1. The van der Waals surface area contributed by atoms with Gasteiger partial charge in [0, 0.05) is 43.5 Å². The van der Waals surface area contributed by atoms with E-state index in [2.05, 4.69) is 10.2 Å². The number of halogens is 1. The van der Waals surface area contributed by atoms with Gasteiger partial charge in [0.1, 0.15) is 11.4 Å². The van der Waals surface area contributed by atoms with Gasteiger partial charge in [-0.25, -0.2) is 4.98 Å². The number of nitrogens with one attached hydrogen (secondary N) is 1. The van der Waals surface area contributed by atoms with E-state index in [0.29, 0.717) is 41.9 Å². The van der Waals surface area contributed by atoms with Crippen molar-refractivity contribution in [3.8, 4) is 28.1 Å². The molecule has 38 heavy (non-hydrogen) atoms. The summed E-state index contributed by atoms with van der Waals surface area (Å²) in [5.74, 6) is 0.405. The highest BCUT2D eigenvalue weighted by molar-refractivity contribution is 6.32. The van der Waals surface area contributed by atoms with Gasteiger partial charge in [-0.05, 0) is 75.2 Å². The molecule has 1 aliphatic rings. The third-order valence-electron chi connectivity index (χ3n) is 6.65. The van der Waals surface area contributed by atoms with E-state index in [0.717, 1.165) is 61.1 Å². The van der Waals surface area contributed by atoms with Crippen molar-refractivity contribution in [3.63, 3.8) is 0 Å². The molecule has 3 N–H and O–H groups in total. The summed E-state index contributed by atoms with van der Waals surface area (Å²) >= 11 is 6.49. The van der Waals surface area contributed by atoms with Crippen molar-refractivity contribution in [1.82, 2.24) is 15.2 Å². The van der Waals surface area contributed by atoms with Crippen molar-refractivity contribution in [3.05, 3.63) is 70.9 Å². The van der Waals surface area contributed by atoms with Crippen LogP contribution in [-0.4, -0.2) is 62.3 Å². The Kier molecular flexibility index (Phi) is 10.1. The van der Waals surface area contributed by atoms with E-state index in [1.54, 1.807) is 6.07 Å². The van der Waals surface area contributed by atoms with Crippen molar-refractivity contribution in [2.75, 3.05) is 40.5 Å². The van der Waals surface area contributed by atoms with Crippen molar-refractivity contribution in [1.29, 1.82) is 0 Å². The maximum absolute atomic E-state index is 13.2. The molecule has 0 saturated carbocycles. The maximum atomic E-state index is 13.2. The molecule has 2 heterocycles. The fourth-order valence-corrected chi connectivity index (χ4v) is 4.79. The van der Waals surface area contributed by atoms with E-state index in [1.807, 2.05) is 62.6 Å². The molecule has 1 saturated heterocycles. The second-order valence-corrected chi connectivity index (χ2v) is 10.2. The van der Waals surface area contributed by atoms with Gasteiger partial charge in [0.15, 0.2) is 0 Å². The number of carbonyl (C=O) groups is 1. The number of hydrogen-bond acceptors (Lipinski definition) is 6. The molecule has 2 aromatic carbocycles. The average Bonchev–Trinajstić information content (AvgIpc) is 3.20. The molecule has 0 radical (unpaired) electrons. The van der Waals surface area contributed by atoms with Crippen LogP contribution in [0, 0.1) is 0 Å². The van der Waals surface area contributed by atoms with Crippen molar-refractivity contribution in [2.24, 2.45) is 5.73 Å². The zero-order chi connectivity index (χ0) is 26.9. The van der Waals surface area contributed by atoms with Gasteiger partial charge in [-0.15, -0.1) is 0 Å². The molecule has 0 aliphatic carbocycles. The summed E-state index contributed by atoms with van der Waals surface area (Å²) in [6.45, 7) is 3.25. The summed E-state index contributed by atoms with van der Waals surface area (Å²) in [6, 6.07) is 17.4. The third-order valence-corrected chi connectivity index (χ3v) is 6.97. The number of pyridine rings is 1. The first kappa shape index (κ1) is 28.0. The lowest BCUT2D eigenvalue weighted by molar-refractivity contribution is 0.0924. The molecule has 1 fully saturated rings. The number of carbonyl (C=O) groups excluding carboxylic acids is 1. The Labute approximate surface area is 230 Å². The summed E-state index contributed by atoms with van der Waals surface area (Å²) in [5, 5.41) is 3.68. The molecule has 0 bridgehead atoms. The summed E-state index contributed by atoms with van der Waals surface area (Å²) in [4.78, 5) is 20.2. The van der Waals surface area contributed by atoms with Crippen LogP contribution in [-0.2, 0) is 11.3 Å². The standard InChI is InChI=1S/C30H37ClN4O3/c1-35(2)15-6-17-38-28-19-21(10-12-26(28)31)29-25(24-9-4-3-7-22(24)20-32)11-13-27(34-29)30(36)33-23-8-5-16-37-18-14-23/h3-4,7,9-13,19,23H,5-6,8,14-18,20,32H2,1-2H3,(H,33,36). The number of nitrogens with zero attached hydrogens (tertiary/aromatic N) is 2. The van der Waals surface area contributed by atoms with Gasteiger partial charge < -0.3 is 25.4 Å². The van der Waals surface area contributed by atoms with Crippen LogP contribution in [0.25, 0.3) is 22.4 Å². The molecule has 1 atom stereocenters. The van der Waals surface area contributed by atoms with Crippen molar-refractivity contribution in [2.45, 2.75) is 38.3 Å². The van der Waals surface area contributed by atoms with E-state index in [1.165, 1.54) is 0 Å². The van der Waals surface area contributed by atoms with Crippen LogP contribution in [0.3, 0.4) is 0 Å². The van der Waals surface area contributed by atoms with E-state index < -0.39 is 0 Å². The highest BCUT2D eigenvalue weighted by Crippen LogP contribution is 2.36. The Morgan fingerprint density at radius 1 is 1.13 bits per heavy atom. The summed E-state index contributed by atoms with van der Waals surface area (Å²) < 4.78 is 11.6. The lowest BCUT2D eigenvalue weighted by Crippen LogP contribution is -2.35. The number of aromatic nitrogens is 1. The second-order valence-electron chi connectivity index (χ2n) is 9.82. The van der Waals surface area contributed by atoms with Crippen LogP contribution >= 0.6 is 11.6 Å². The molecular weight excluding hydrogens is 500 g/mol. The van der Waals surface area contributed by atoms with Crippen LogP contribution in [0.4, 0.5) is 0 Å². The van der Waals surface area contributed by atoms with Gasteiger partial charge in [-0.2, -0.15) is 0 Å². The number of nitrogens with two attached hydrogens (primary N) is 1. The van der Waals surface area contributed by atoms with Gasteiger partial charge in [0.05, 0.1) is 17.3 Å². The lowest BCUT2D eigenvalue weighted by Gasteiger charge is -2.18. The molecule has 8 heteroatoms. The zero-order valence-electron chi connectivity index (χ0n) is 22.2. The van der Waals surface area contributed by atoms with Gasteiger partial charge in [-0.3, -0.25) is 4.79 Å². The fourth-order valence-electron chi connectivity index (χ4n) is 4.62. The molecule has 202 valence electrons. The van der Waals surface area contributed by atoms with Gasteiger partial charge >= 0.3 is 0 Å². The minimum absolute atomic E-state index is 0.0746. The monoisotopic (exact) mass is 536 g/mol. The number of benzene rings is 2. The summed E-state index contributed by atoms with van der Waals surface area (Å²) in [6.07, 6.45) is 3.50. The van der Waals surface area contributed by atoms with Crippen LogP contribution in [0.2, 0.25) is 5.02 Å². The van der Waals surface area contributed by atoms with E-state index in [9.17, 15) is 4.79 Å². The highest BCUT2D eigenvalue weighted by atomic mass is 35.5. The molecule has 1 aromatic heterocycles. The minimum Gasteiger partial charge on any atom is -0.492 e. The molecule has 1 aliphatic heterocycles. The number of rotatable bonds is 10. The van der Waals surface area contributed by atoms with Crippen molar-refractivity contribution < 1.29 is 14.3 Å². The SMILES string of the molecule is CN(C)CCCOc1cc(-c2nc(C(=O)NC3CCCOCC3)ccc2-c2ccccc2CN)ccc1Cl. The Hall–Kier alpha value is -2.97. The van der Waals surface area contributed by atoms with Crippen LogP contribution in [0.1, 0.15) is 41.7 Å². The van der Waals surface area contributed by atoms with E-state index in [4.69, 9.17) is 31.8 Å². The Bertz CT molecular complexity index is 1230. The summed E-state index contributed by atoms with van der Waals surface area (Å²) in [5.41, 5.74) is 10.8. The normalized spacial score (nSPS) is 15.8. The minimum atomic E-state index is -0.189. The third kappa shape index (κ3) is 7.32. The van der Waals surface area contributed by atoms with Crippen LogP contribution in [0.5, 0.6) is 5.75 Å². The molecule has 1 unspecified atom stereocenters. The number of hydrogen-bond donors (Lipinski definition) is 2. The Balaban J connectivity index is 1.70. The van der Waals surface area contributed by atoms with Crippen molar-refractivity contribution >= 4 is 17.5 Å². The first-order valence-corrected chi connectivity index (χ1v) is 13.6. The van der Waals surface area contributed by atoms with Crippen LogP contribution < -0.4 is 15.8 Å². The largest absolute Gasteiger partial charge is 0.492 e. The van der Waals surface area contributed by atoms with Gasteiger partial charge in [0.25, 0.3) is 5.91 Å². The van der Waals surface area contributed by atoms with Gasteiger partial charge in [-0.1, -0.05) is 41.9 Å². The predicted molar refractivity (Wildman–Crippen MR) is 153 cm³/mol. The zero-order valence-corrected chi connectivity index (χ0v) is 23.0. The molecule has 0 spiro atoms. The Morgan fingerprint density at radius 3 is 2.79 bits per heavy atom. The maximum Gasteiger partial charge on any atom is 0.270 e. The predicted octanol–water partition coefficient (Wildman–Crippen LogP) is 5.16. The second kappa shape index (κ2) is 13.7. The smallest absolute Gasteiger partial charge is 0.270 e. The average molecular weight is 537 g/mol. The first-order valence-electron chi connectivity index (χ1n) is 13.2. The highest BCUT2D eigenvalue weighted by Gasteiger charge is 2.20. The number of ether oxygens (including phenoxy) is 2. The topological polar surface area (TPSA) is 89.7 Å². The van der Waals surface area contributed by atoms with E-state index >= 15 is 0 Å². The van der Waals surface area contributed by atoms with E-state index in [-0.39, 0.29) is 11.9 Å². The van der Waals surface area contributed by atoms with Gasteiger partial charge in [0.2, 0.25) is 0 Å². The Morgan fingerprint density at radius 2 is 1.97 bits per heavy atom. The lowest BCUT2D eigenvalue weighted by atomic mass is 9.95. The quantitative estimate of drug-likeness (QED) is 0.348.